The van der Waals surface area contributed by atoms with Crippen LogP contribution in [0.25, 0.3) is 22.5 Å². The van der Waals surface area contributed by atoms with Crippen molar-refractivity contribution >= 4 is 79.9 Å². The monoisotopic (exact) mass is 1190 g/mol. The molecule has 8 N–H and O–H groups in total. The molecule has 2 saturated heterocycles. The van der Waals surface area contributed by atoms with Crippen LogP contribution in [0.1, 0.15) is 123 Å². The molecule has 0 bridgehead atoms. The van der Waals surface area contributed by atoms with Gasteiger partial charge in [-0.2, -0.15) is 0 Å². The van der Waals surface area contributed by atoms with E-state index in [1.165, 1.54) is 0 Å². The number of nitrogens with one attached hydrogen (secondary N) is 8. The number of ether oxygens (including phenoxy) is 2. The van der Waals surface area contributed by atoms with Crippen molar-refractivity contribution in [3.05, 3.63) is 70.7 Å². The number of rotatable bonds is 27. The molecule has 0 unspecified atom stereocenters. The Morgan fingerprint density at radius 3 is 1.27 bits per heavy atom. The van der Waals surface area contributed by atoms with Crippen LogP contribution in [0.2, 0.25) is 0 Å². The van der Waals surface area contributed by atoms with Gasteiger partial charge in [0, 0.05) is 37.3 Å². The molecule has 84 heavy (non-hydrogen) atoms. The lowest BCUT2D eigenvalue weighted by atomic mass is 9.83. The van der Waals surface area contributed by atoms with Gasteiger partial charge in [-0.05, 0) is 91.1 Å². The minimum Gasteiger partial charge on any atom is -0.377 e. The van der Waals surface area contributed by atoms with E-state index < -0.39 is 48.1 Å². The number of aromatic nitrogens is 2. The SMILES string of the molecule is CN[C@@H](C)C(=O)N[C@H](C(=O)N1CCC[C@H]1C(=O)Nc1sc(C(=O)NCCOCCOCCNC(=O)c2nc(-c3ccccc3)c(NC(=O)[C@@H]3CCCN3C(=O)[C@@H](NC(=O)[C@H](C)NC)C3CCCCC3)s2)nc1-c1ccccc1)C1CCCCC1. The molecule has 0 radical (unpaired) electrons. The highest BCUT2D eigenvalue weighted by Gasteiger charge is 2.43. The number of carbonyl (C=O) groups is 8. The zero-order chi connectivity index (χ0) is 59.5. The van der Waals surface area contributed by atoms with E-state index in [9.17, 15) is 38.4 Å². The third-order valence-corrected chi connectivity index (χ3v) is 18.3. The summed E-state index contributed by atoms with van der Waals surface area (Å²) in [6.07, 6.45) is 11.5. The second kappa shape index (κ2) is 31.4. The second-order valence-electron chi connectivity index (χ2n) is 22.0. The fourth-order valence-electron chi connectivity index (χ4n) is 11.4. The lowest BCUT2D eigenvalue weighted by Crippen LogP contribution is -2.57. The summed E-state index contributed by atoms with van der Waals surface area (Å²) >= 11 is 2.08. The standard InChI is InChI=1S/C60H82N12O10S2/c1-37(61-3)49(73)65-47(41-23-13-7-14-24-41)59(79)71-31-17-27-43(71)51(75)69-55-45(39-19-9-5-10-20-39)67-57(83-55)53(77)63-29-33-81-35-36-82-34-30-64-54(78)58-68-46(40-21-11-6-12-22-40)56(84-58)70-52(76)44-28-18-32-72(44)60(80)48(42-25-15-8-16-26-42)66-50(74)38(2)62-4/h5-6,9-12,19-22,37-38,41-44,47-48,61-62H,7-8,13-18,23-36H2,1-4H3,(H,63,77)(H,64,78)(H,65,73)(H,66,74)(H,69,75)(H,70,76)/t37-,38-,43-,44-,47-,48-/m0/s1. The quantitative estimate of drug-likeness (QED) is 0.0351. The highest BCUT2D eigenvalue weighted by atomic mass is 32.1. The molecule has 2 aliphatic carbocycles. The molecule has 6 atom stereocenters. The molecular weight excluding hydrogens is 1110 g/mol. The highest BCUT2D eigenvalue weighted by Crippen LogP contribution is 2.37. The number of amides is 8. The van der Waals surface area contributed by atoms with E-state index in [4.69, 9.17) is 9.47 Å². The first-order valence-corrected chi connectivity index (χ1v) is 31.4. The van der Waals surface area contributed by atoms with Crippen LogP contribution in [-0.4, -0.2) is 170 Å². The first kappa shape index (κ1) is 63.3. The average Bonchev–Trinajstić information content (AvgIpc) is 4.11. The molecule has 8 amide bonds. The largest absolute Gasteiger partial charge is 0.377 e. The molecule has 4 aromatic rings. The Balaban J connectivity index is 0.790. The summed E-state index contributed by atoms with van der Waals surface area (Å²) in [6.45, 7) is 5.36. The Morgan fingerprint density at radius 1 is 0.524 bits per heavy atom. The number of benzene rings is 2. The van der Waals surface area contributed by atoms with E-state index in [0.29, 0.717) is 71.3 Å². The van der Waals surface area contributed by atoms with Gasteiger partial charge >= 0.3 is 0 Å². The number of hydrogen-bond donors (Lipinski definition) is 8. The Bertz CT molecular complexity index is 2690. The Morgan fingerprint density at radius 2 is 0.905 bits per heavy atom. The van der Waals surface area contributed by atoms with Gasteiger partial charge in [-0.1, -0.05) is 122 Å². The number of likely N-dealkylation sites (N-methyl/N-ethyl adjacent to an activating group) is 2. The molecule has 454 valence electrons. The van der Waals surface area contributed by atoms with Gasteiger partial charge in [-0.25, -0.2) is 9.97 Å². The fraction of sp³-hybridized carbons (Fsp3) is 0.567. The predicted octanol–water partition coefficient (Wildman–Crippen LogP) is 5.33. The molecule has 24 heteroatoms. The van der Waals surface area contributed by atoms with Crippen LogP contribution in [0, 0.1) is 11.8 Å². The van der Waals surface area contributed by atoms with Gasteiger partial charge in [0.25, 0.3) is 11.8 Å². The molecule has 2 saturated carbocycles. The number of carbonyl (C=O) groups excluding carboxylic acids is 8. The van der Waals surface area contributed by atoms with Crippen LogP contribution in [0.15, 0.2) is 60.7 Å². The van der Waals surface area contributed by atoms with Crippen molar-refractivity contribution in [2.24, 2.45) is 11.8 Å². The van der Waals surface area contributed by atoms with Crippen molar-refractivity contribution in [3.63, 3.8) is 0 Å². The zero-order valence-corrected chi connectivity index (χ0v) is 50.3. The van der Waals surface area contributed by atoms with Gasteiger partial charge in [0.15, 0.2) is 10.0 Å². The molecule has 2 aromatic heterocycles. The lowest BCUT2D eigenvalue weighted by molar-refractivity contribution is -0.142. The molecule has 4 fully saturated rings. The predicted molar refractivity (Wildman–Crippen MR) is 322 cm³/mol. The topological polar surface area (TPSA) is 284 Å². The van der Waals surface area contributed by atoms with E-state index >= 15 is 0 Å². The Hall–Kier alpha value is -6.70. The van der Waals surface area contributed by atoms with Gasteiger partial charge in [0.05, 0.1) is 38.5 Å². The van der Waals surface area contributed by atoms with Crippen LogP contribution >= 0.6 is 22.7 Å². The van der Waals surface area contributed by atoms with Crippen molar-refractivity contribution in [2.75, 3.05) is 77.3 Å². The van der Waals surface area contributed by atoms with Crippen LogP contribution in [0.5, 0.6) is 0 Å². The number of nitrogens with zero attached hydrogens (tertiary/aromatic N) is 4. The first-order chi connectivity index (χ1) is 40.8. The average molecular weight is 1200 g/mol. The van der Waals surface area contributed by atoms with Crippen molar-refractivity contribution < 1.29 is 47.8 Å². The van der Waals surface area contributed by atoms with Crippen LogP contribution in [-0.2, 0) is 38.2 Å². The smallest absolute Gasteiger partial charge is 0.280 e. The van der Waals surface area contributed by atoms with Gasteiger partial charge in [-0.15, -0.1) is 0 Å². The molecule has 8 rings (SSSR count). The lowest BCUT2D eigenvalue weighted by Gasteiger charge is -2.35. The maximum atomic E-state index is 14.3. The molecular formula is C60H82N12O10S2. The summed E-state index contributed by atoms with van der Waals surface area (Å²) in [4.78, 5) is 123. The Labute approximate surface area is 499 Å². The van der Waals surface area contributed by atoms with Crippen LogP contribution in [0.3, 0.4) is 0 Å². The van der Waals surface area contributed by atoms with Crippen molar-refractivity contribution in [2.45, 2.75) is 140 Å². The first-order valence-electron chi connectivity index (χ1n) is 29.8. The van der Waals surface area contributed by atoms with E-state index in [-0.39, 0.29) is 96.8 Å². The van der Waals surface area contributed by atoms with Crippen LogP contribution in [0.4, 0.5) is 10.0 Å². The fourth-order valence-corrected chi connectivity index (χ4v) is 13.2. The minimum atomic E-state index is -0.768. The minimum absolute atomic E-state index is 0.0206. The summed E-state index contributed by atoms with van der Waals surface area (Å²) < 4.78 is 11.4. The molecule has 0 spiro atoms. The van der Waals surface area contributed by atoms with E-state index in [1.54, 1.807) is 37.7 Å². The van der Waals surface area contributed by atoms with Gasteiger partial charge in [0.1, 0.15) is 45.6 Å². The number of thiazole rings is 2. The maximum Gasteiger partial charge on any atom is 0.280 e. The zero-order valence-electron chi connectivity index (χ0n) is 48.6. The van der Waals surface area contributed by atoms with Crippen molar-refractivity contribution in [1.82, 2.24) is 51.7 Å². The molecule has 4 aliphatic rings. The third kappa shape index (κ3) is 16.6. The van der Waals surface area contributed by atoms with E-state index in [0.717, 1.165) is 86.9 Å². The molecule has 4 heterocycles. The van der Waals surface area contributed by atoms with Crippen LogP contribution < -0.4 is 42.5 Å². The number of likely N-dealkylation sites (tertiary alicyclic amines) is 2. The Kier molecular flexibility index (Phi) is 23.7. The summed E-state index contributed by atoms with van der Waals surface area (Å²) in [6, 6.07) is 14.5. The van der Waals surface area contributed by atoms with E-state index in [2.05, 4.69) is 52.5 Å². The van der Waals surface area contributed by atoms with Gasteiger partial charge in [-0.3, -0.25) is 38.4 Å². The number of anilines is 2. The summed E-state index contributed by atoms with van der Waals surface area (Å²) in [5, 5.41) is 24.6. The van der Waals surface area contributed by atoms with E-state index in [1.807, 2.05) is 60.7 Å². The normalized spacial score (nSPS) is 19.0. The third-order valence-electron chi connectivity index (χ3n) is 16.3. The summed E-state index contributed by atoms with van der Waals surface area (Å²) in [5.41, 5.74) is 2.25. The molecule has 2 aliphatic heterocycles. The molecule has 2 aromatic carbocycles. The van der Waals surface area contributed by atoms with Crippen molar-refractivity contribution in [3.8, 4) is 22.5 Å². The summed E-state index contributed by atoms with van der Waals surface area (Å²) in [5.74, 6) is -2.74. The second-order valence-corrected chi connectivity index (χ2v) is 24.0. The van der Waals surface area contributed by atoms with Gasteiger partial charge in [0.2, 0.25) is 35.4 Å². The molecule has 22 nitrogen and oxygen atoms in total. The van der Waals surface area contributed by atoms with Gasteiger partial charge < -0.3 is 61.8 Å². The maximum absolute atomic E-state index is 14.3. The number of hydrogen-bond acceptors (Lipinski definition) is 16. The van der Waals surface area contributed by atoms with Crippen molar-refractivity contribution in [1.29, 1.82) is 0 Å². The highest BCUT2D eigenvalue weighted by molar-refractivity contribution is 7.18. The summed E-state index contributed by atoms with van der Waals surface area (Å²) in [7, 11) is 3.39.